The summed E-state index contributed by atoms with van der Waals surface area (Å²) in [5.74, 6) is -0.201. The van der Waals surface area contributed by atoms with Crippen LogP contribution in [0.5, 0.6) is 0 Å². The minimum Gasteiger partial charge on any atom is -0.448 e. The Morgan fingerprint density at radius 1 is 1.36 bits per heavy atom. The van der Waals surface area contributed by atoms with Crippen molar-refractivity contribution < 1.29 is 9.21 Å². The fraction of sp³-hybridized carbons (Fsp3) is 0.312. The van der Waals surface area contributed by atoms with Gasteiger partial charge in [-0.2, -0.15) is 0 Å². The lowest BCUT2D eigenvalue weighted by Gasteiger charge is -2.06. The first kappa shape index (κ1) is 14.3. The van der Waals surface area contributed by atoms with Crippen LogP contribution in [-0.2, 0) is 11.3 Å². The van der Waals surface area contributed by atoms with Gasteiger partial charge < -0.3 is 9.73 Å². The van der Waals surface area contributed by atoms with Gasteiger partial charge in [-0.15, -0.1) is 0 Å². The van der Waals surface area contributed by atoms with Gasteiger partial charge in [0.2, 0.25) is 11.5 Å². The third-order valence-electron chi connectivity index (χ3n) is 3.52. The number of fused-ring (bicyclic) bond motifs is 3. The van der Waals surface area contributed by atoms with Gasteiger partial charge in [0.1, 0.15) is 17.6 Å². The van der Waals surface area contributed by atoms with E-state index >= 15 is 0 Å². The Morgan fingerprint density at radius 2 is 2.18 bits per heavy atom. The SMILES string of the molecule is CCCCNC(=O)Cn1cnc2c(oc3ccccc32)c1=O. The van der Waals surface area contributed by atoms with Gasteiger partial charge in [0.25, 0.3) is 5.56 Å². The molecule has 0 bridgehead atoms. The van der Waals surface area contributed by atoms with Crippen molar-refractivity contribution in [1.29, 1.82) is 0 Å². The number of hydrogen-bond donors (Lipinski definition) is 1. The summed E-state index contributed by atoms with van der Waals surface area (Å²) in [6.07, 6.45) is 3.32. The molecule has 0 fully saturated rings. The Balaban J connectivity index is 1.92. The van der Waals surface area contributed by atoms with Crippen LogP contribution in [0.15, 0.2) is 39.8 Å². The highest BCUT2D eigenvalue weighted by atomic mass is 16.3. The van der Waals surface area contributed by atoms with Crippen molar-refractivity contribution in [2.45, 2.75) is 26.3 Å². The molecule has 0 radical (unpaired) electrons. The van der Waals surface area contributed by atoms with Crippen molar-refractivity contribution in [1.82, 2.24) is 14.9 Å². The number of hydrogen-bond acceptors (Lipinski definition) is 4. The Bertz CT molecular complexity index is 879. The second-order valence-electron chi connectivity index (χ2n) is 5.16. The summed E-state index contributed by atoms with van der Waals surface area (Å²) in [6.45, 7) is 2.61. The average molecular weight is 299 g/mol. The zero-order valence-corrected chi connectivity index (χ0v) is 12.3. The van der Waals surface area contributed by atoms with E-state index in [0.29, 0.717) is 17.6 Å². The second-order valence-corrected chi connectivity index (χ2v) is 5.16. The second kappa shape index (κ2) is 6.01. The molecule has 2 aromatic heterocycles. The molecular weight excluding hydrogens is 282 g/mol. The number of unbranched alkanes of at least 4 members (excludes halogenated alkanes) is 1. The third-order valence-corrected chi connectivity index (χ3v) is 3.52. The highest BCUT2D eigenvalue weighted by molar-refractivity contribution is 6.01. The quantitative estimate of drug-likeness (QED) is 0.732. The van der Waals surface area contributed by atoms with E-state index < -0.39 is 0 Å². The standard InChI is InChI=1S/C16H17N3O3/c1-2-3-8-17-13(20)9-19-10-18-14-11-6-4-5-7-12(11)22-15(14)16(19)21/h4-7,10H,2-3,8-9H2,1H3,(H,17,20). The Kier molecular flexibility index (Phi) is 3.91. The number of furan rings is 1. The smallest absolute Gasteiger partial charge is 0.297 e. The fourth-order valence-corrected chi connectivity index (χ4v) is 2.34. The van der Waals surface area contributed by atoms with E-state index in [0.717, 1.165) is 18.2 Å². The number of nitrogens with zero attached hydrogens (tertiary/aromatic N) is 2. The number of amides is 1. The van der Waals surface area contributed by atoms with Crippen molar-refractivity contribution in [3.05, 3.63) is 40.9 Å². The van der Waals surface area contributed by atoms with Gasteiger partial charge in [-0.05, 0) is 18.6 Å². The Morgan fingerprint density at radius 3 is 3.00 bits per heavy atom. The zero-order chi connectivity index (χ0) is 15.5. The number of carbonyl (C=O) groups is 1. The summed E-state index contributed by atoms with van der Waals surface area (Å²) in [5, 5.41) is 3.58. The molecule has 0 atom stereocenters. The molecular formula is C16H17N3O3. The molecule has 0 aliphatic heterocycles. The molecule has 1 aromatic carbocycles. The van der Waals surface area contributed by atoms with E-state index in [-0.39, 0.29) is 23.6 Å². The van der Waals surface area contributed by atoms with Crippen LogP contribution in [0.25, 0.3) is 22.1 Å². The average Bonchev–Trinajstić information content (AvgIpc) is 2.90. The predicted octanol–water partition coefficient (Wildman–Crippen LogP) is 2.06. The van der Waals surface area contributed by atoms with Gasteiger partial charge >= 0.3 is 0 Å². The maximum atomic E-state index is 12.4. The first-order valence-electron chi connectivity index (χ1n) is 7.34. The van der Waals surface area contributed by atoms with Gasteiger partial charge in [-0.25, -0.2) is 4.98 Å². The molecule has 1 amide bonds. The molecule has 6 heteroatoms. The lowest BCUT2D eigenvalue weighted by atomic mass is 10.2. The molecule has 6 nitrogen and oxygen atoms in total. The van der Waals surface area contributed by atoms with Gasteiger partial charge in [0.15, 0.2) is 0 Å². The number of rotatable bonds is 5. The number of para-hydroxylation sites is 1. The molecule has 0 aliphatic rings. The largest absolute Gasteiger partial charge is 0.448 e. The number of carbonyl (C=O) groups excluding carboxylic acids is 1. The molecule has 0 unspecified atom stereocenters. The van der Waals surface area contributed by atoms with E-state index in [1.807, 2.05) is 18.2 Å². The van der Waals surface area contributed by atoms with E-state index in [2.05, 4.69) is 17.2 Å². The van der Waals surface area contributed by atoms with Crippen molar-refractivity contribution in [3.63, 3.8) is 0 Å². The van der Waals surface area contributed by atoms with Crippen LogP contribution >= 0.6 is 0 Å². The van der Waals surface area contributed by atoms with E-state index in [1.54, 1.807) is 6.07 Å². The molecule has 3 rings (SSSR count). The Labute approximate surface area is 126 Å². The Hall–Kier alpha value is -2.63. The van der Waals surface area contributed by atoms with Crippen molar-refractivity contribution in [3.8, 4) is 0 Å². The molecule has 2 heterocycles. The van der Waals surface area contributed by atoms with Gasteiger partial charge in [0, 0.05) is 11.9 Å². The van der Waals surface area contributed by atoms with E-state index in [4.69, 9.17) is 4.42 Å². The van der Waals surface area contributed by atoms with Crippen molar-refractivity contribution in [2.75, 3.05) is 6.54 Å². The molecule has 1 N–H and O–H groups in total. The van der Waals surface area contributed by atoms with Crippen LogP contribution in [0.3, 0.4) is 0 Å². The molecule has 22 heavy (non-hydrogen) atoms. The van der Waals surface area contributed by atoms with E-state index in [1.165, 1.54) is 10.9 Å². The van der Waals surface area contributed by atoms with Crippen LogP contribution in [0, 0.1) is 0 Å². The van der Waals surface area contributed by atoms with Gasteiger partial charge in [0.05, 0.1) is 6.33 Å². The first-order valence-corrected chi connectivity index (χ1v) is 7.34. The van der Waals surface area contributed by atoms with Crippen LogP contribution in [-0.4, -0.2) is 22.0 Å². The monoisotopic (exact) mass is 299 g/mol. The summed E-state index contributed by atoms with van der Waals surface area (Å²) >= 11 is 0. The topological polar surface area (TPSA) is 77.1 Å². The van der Waals surface area contributed by atoms with Gasteiger partial charge in [-0.3, -0.25) is 14.2 Å². The third kappa shape index (κ3) is 2.59. The number of nitrogens with one attached hydrogen (secondary N) is 1. The van der Waals surface area contributed by atoms with Crippen LogP contribution in [0.2, 0.25) is 0 Å². The first-order chi connectivity index (χ1) is 10.7. The molecule has 114 valence electrons. The maximum Gasteiger partial charge on any atom is 0.297 e. The van der Waals surface area contributed by atoms with Gasteiger partial charge in [-0.1, -0.05) is 25.5 Å². The van der Waals surface area contributed by atoms with Crippen molar-refractivity contribution >= 4 is 28.0 Å². The summed E-state index contributed by atoms with van der Waals surface area (Å²) in [5.41, 5.74) is 0.993. The molecule has 3 aromatic rings. The van der Waals surface area contributed by atoms with Crippen molar-refractivity contribution in [2.24, 2.45) is 0 Å². The summed E-state index contributed by atoms with van der Waals surface area (Å²) in [6, 6.07) is 7.35. The highest BCUT2D eigenvalue weighted by Gasteiger charge is 2.14. The van der Waals surface area contributed by atoms with E-state index in [9.17, 15) is 9.59 Å². The predicted molar refractivity (Wildman–Crippen MR) is 83.7 cm³/mol. The molecule has 0 aliphatic carbocycles. The normalized spacial score (nSPS) is 11.1. The summed E-state index contributed by atoms with van der Waals surface area (Å²) in [4.78, 5) is 28.5. The number of benzene rings is 1. The van der Waals surface area contributed by atoms with Crippen LogP contribution < -0.4 is 10.9 Å². The lowest BCUT2D eigenvalue weighted by molar-refractivity contribution is -0.121. The summed E-state index contributed by atoms with van der Waals surface area (Å²) in [7, 11) is 0. The lowest BCUT2D eigenvalue weighted by Crippen LogP contribution is -2.32. The highest BCUT2D eigenvalue weighted by Crippen LogP contribution is 2.23. The minimum absolute atomic E-state index is 0.0530. The van der Waals surface area contributed by atoms with Crippen LogP contribution in [0.4, 0.5) is 0 Å². The fourth-order valence-electron chi connectivity index (χ4n) is 2.34. The van der Waals surface area contributed by atoms with Crippen LogP contribution in [0.1, 0.15) is 19.8 Å². The number of aromatic nitrogens is 2. The molecule has 0 saturated heterocycles. The summed E-state index contributed by atoms with van der Waals surface area (Å²) < 4.78 is 6.85. The maximum absolute atomic E-state index is 12.4. The molecule has 0 saturated carbocycles. The molecule has 0 spiro atoms. The minimum atomic E-state index is -0.341. The zero-order valence-electron chi connectivity index (χ0n) is 12.3.